The standard InChI is InChI=1S/C11H19Cl/c12-9-10-8-11(10)6-4-2-1-3-5-7-11/h10H,1-9H2. The maximum absolute atomic E-state index is 5.92. The Hall–Kier alpha value is 0.290. The van der Waals surface area contributed by atoms with Gasteiger partial charge in [-0.15, -0.1) is 11.6 Å². The van der Waals surface area contributed by atoms with Gasteiger partial charge in [-0.05, 0) is 30.6 Å². The third kappa shape index (κ3) is 1.64. The fourth-order valence-electron chi connectivity index (χ4n) is 2.87. The molecule has 1 atom stereocenters. The SMILES string of the molecule is ClCC1CC12CCCCCCC2. The summed E-state index contributed by atoms with van der Waals surface area (Å²) in [5.41, 5.74) is 0.738. The van der Waals surface area contributed by atoms with E-state index in [1.165, 1.54) is 51.4 Å². The molecule has 0 N–H and O–H groups in total. The summed E-state index contributed by atoms with van der Waals surface area (Å²) < 4.78 is 0. The van der Waals surface area contributed by atoms with Gasteiger partial charge in [-0.2, -0.15) is 0 Å². The molecule has 1 heteroatoms. The molecule has 1 spiro atoms. The maximum atomic E-state index is 5.92. The number of hydrogen-bond acceptors (Lipinski definition) is 0. The number of hydrogen-bond donors (Lipinski definition) is 0. The van der Waals surface area contributed by atoms with E-state index >= 15 is 0 Å². The van der Waals surface area contributed by atoms with E-state index in [9.17, 15) is 0 Å². The second kappa shape index (κ2) is 3.57. The molecular formula is C11H19Cl. The molecule has 0 bridgehead atoms. The molecule has 0 radical (unpaired) electrons. The summed E-state index contributed by atoms with van der Waals surface area (Å²) in [6.45, 7) is 0. The van der Waals surface area contributed by atoms with Crippen LogP contribution in [0.15, 0.2) is 0 Å². The van der Waals surface area contributed by atoms with Crippen LogP contribution < -0.4 is 0 Å². The highest BCUT2D eigenvalue weighted by Crippen LogP contribution is 2.60. The first-order valence-electron chi connectivity index (χ1n) is 5.43. The van der Waals surface area contributed by atoms with Crippen molar-refractivity contribution in [2.75, 3.05) is 5.88 Å². The highest BCUT2D eigenvalue weighted by Gasteiger charge is 2.51. The molecule has 0 nitrogen and oxygen atoms in total. The summed E-state index contributed by atoms with van der Waals surface area (Å²) in [7, 11) is 0. The molecule has 0 aliphatic heterocycles. The Balaban J connectivity index is 1.87. The third-order valence-corrected chi connectivity index (χ3v) is 4.27. The van der Waals surface area contributed by atoms with Crippen LogP contribution in [-0.2, 0) is 0 Å². The summed E-state index contributed by atoms with van der Waals surface area (Å²) in [4.78, 5) is 0. The Morgan fingerprint density at radius 1 is 1.00 bits per heavy atom. The summed E-state index contributed by atoms with van der Waals surface area (Å²) in [5.74, 6) is 1.80. The van der Waals surface area contributed by atoms with E-state index in [2.05, 4.69) is 0 Å². The predicted molar refractivity (Wildman–Crippen MR) is 53.6 cm³/mol. The summed E-state index contributed by atoms with van der Waals surface area (Å²) >= 11 is 5.92. The van der Waals surface area contributed by atoms with E-state index in [1.807, 2.05) is 0 Å². The van der Waals surface area contributed by atoms with Gasteiger partial charge in [0.2, 0.25) is 0 Å². The van der Waals surface area contributed by atoms with Crippen LogP contribution in [0, 0.1) is 11.3 Å². The van der Waals surface area contributed by atoms with Gasteiger partial charge in [0.1, 0.15) is 0 Å². The van der Waals surface area contributed by atoms with Gasteiger partial charge in [0, 0.05) is 5.88 Å². The molecule has 0 amide bonds. The van der Waals surface area contributed by atoms with Crippen molar-refractivity contribution in [2.24, 2.45) is 11.3 Å². The molecule has 12 heavy (non-hydrogen) atoms. The largest absolute Gasteiger partial charge is 0.126 e. The molecule has 0 saturated heterocycles. The second-order valence-electron chi connectivity index (χ2n) is 4.69. The van der Waals surface area contributed by atoms with Crippen molar-refractivity contribution in [2.45, 2.75) is 51.4 Å². The minimum absolute atomic E-state index is 0.738. The molecule has 0 aromatic carbocycles. The van der Waals surface area contributed by atoms with Crippen LogP contribution in [0.5, 0.6) is 0 Å². The summed E-state index contributed by atoms with van der Waals surface area (Å²) in [6, 6.07) is 0. The first kappa shape index (κ1) is 8.87. The van der Waals surface area contributed by atoms with Crippen LogP contribution in [0.1, 0.15) is 51.4 Å². The predicted octanol–water partition coefficient (Wildman–Crippen LogP) is 3.98. The van der Waals surface area contributed by atoms with Gasteiger partial charge in [0.15, 0.2) is 0 Å². The van der Waals surface area contributed by atoms with Gasteiger partial charge in [-0.25, -0.2) is 0 Å². The van der Waals surface area contributed by atoms with Gasteiger partial charge in [0.25, 0.3) is 0 Å². The minimum atomic E-state index is 0.738. The summed E-state index contributed by atoms with van der Waals surface area (Å²) in [5, 5.41) is 0. The molecule has 2 aliphatic carbocycles. The molecule has 1 unspecified atom stereocenters. The zero-order valence-electron chi connectivity index (χ0n) is 7.82. The van der Waals surface area contributed by atoms with Crippen LogP contribution >= 0.6 is 11.6 Å². The average molecular weight is 187 g/mol. The molecule has 2 fully saturated rings. The lowest BCUT2D eigenvalue weighted by atomic mass is 9.87. The van der Waals surface area contributed by atoms with Gasteiger partial charge in [-0.3, -0.25) is 0 Å². The molecular weight excluding hydrogens is 168 g/mol. The lowest BCUT2D eigenvalue weighted by Gasteiger charge is -2.19. The van der Waals surface area contributed by atoms with Gasteiger partial charge in [0.05, 0.1) is 0 Å². The fourth-order valence-corrected chi connectivity index (χ4v) is 3.31. The third-order valence-electron chi connectivity index (χ3n) is 3.89. The quantitative estimate of drug-likeness (QED) is 0.544. The zero-order valence-corrected chi connectivity index (χ0v) is 8.58. The van der Waals surface area contributed by atoms with Crippen molar-refractivity contribution in [3.05, 3.63) is 0 Å². The van der Waals surface area contributed by atoms with E-state index in [1.54, 1.807) is 0 Å². The van der Waals surface area contributed by atoms with Gasteiger partial charge < -0.3 is 0 Å². The number of rotatable bonds is 1. The van der Waals surface area contributed by atoms with E-state index in [0.29, 0.717) is 0 Å². The van der Waals surface area contributed by atoms with E-state index < -0.39 is 0 Å². The lowest BCUT2D eigenvalue weighted by Crippen LogP contribution is -2.07. The Labute approximate surface area is 80.7 Å². The average Bonchev–Trinajstić information content (AvgIpc) is 2.73. The van der Waals surface area contributed by atoms with Crippen molar-refractivity contribution >= 4 is 11.6 Å². The lowest BCUT2D eigenvalue weighted by molar-refractivity contribution is 0.336. The first-order chi connectivity index (χ1) is 5.87. The molecule has 2 rings (SSSR count). The molecule has 2 saturated carbocycles. The normalized spacial score (nSPS) is 34.2. The second-order valence-corrected chi connectivity index (χ2v) is 4.99. The molecule has 0 aromatic heterocycles. The first-order valence-corrected chi connectivity index (χ1v) is 5.97. The van der Waals surface area contributed by atoms with Crippen LogP contribution in [0.25, 0.3) is 0 Å². The van der Waals surface area contributed by atoms with E-state index in [-0.39, 0.29) is 0 Å². The Morgan fingerprint density at radius 2 is 1.58 bits per heavy atom. The van der Waals surface area contributed by atoms with Crippen LogP contribution in [0.2, 0.25) is 0 Å². The van der Waals surface area contributed by atoms with E-state index in [4.69, 9.17) is 11.6 Å². The van der Waals surface area contributed by atoms with Crippen LogP contribution in [0.3, 0.4) is 0 Å². The number of halogens is 1. The van der Waals surface area contributed by atoms with E-state index in [0.717, 1.165) is 17.2 Å². The minimum Gasteiger partial charge on any atom is -0.126 e. The number of alkyl halides is 1. The topological polar surface area (TPSA) is 0 Å². The Kier molecular flexibility index (Phi) is 2.64. The van der Waals surface area contributed by atoms with Crippen molar-refractivity contribution < 1.29 is 0 Å². The van der Waals surface area contributed by atoms with Crippen LogP contribution in [-0.4, -0.2) is 5.88 Å². The van der Waals surface area contributed by atoms with Crippen molar-refractivity contribution in [1.29, 1.82) is 0 Å². The van der Waals surface area contributed by atoms with Crippen molar-refractivity contribution in [1.82, 2.24) is 0 Å². The maximum Gasteiger partial charge on any atom is 0.0257 e. The van der Waals surface area contributed by atoms with Crippen molar-refractivity contribution in [3.63, 3.8) is 0 Å². The van der Waals surface area contributed by atoms with Gasteiger partial charge >= 0.3 is 0 Å². The molecule has 70 valence electrons. The smallest absolute Gasteiger partial charge is 0.0257 e. The zero-order chi connectivity index (χ0) is 8.44. The van der Waals surface area contributed by atoms with Gasteiger partial charge in [-0.1, -0.05) is 32.1 Å². The summed E-state index contributed by atoms with van der Waals surface area (Å²) in [6.07, 6.45) is 11.7. The molecule has 0 aromatic rings. The fraction of sp³-hybridized carbons (Fsp3) is 1.00. The Bertz CT molecular complexity index is 145. The highest BCUT2D eigenvalue weighted by atomic mass is 35.5. The highest BCUT2D eigenvalue weighted by molar-refractivity contribution is 6.18. The molecule has 0 heterocycles. The van der Waals surface area contributed by atoms with Crippen molar-refractivity contribution in [3.8, 4) is 0 Å². The molecule has 2 aliphatic rings. The Morgan fingerprint density at radius 3 is 2.08 bits per heavy atom. The monoisotopic (exact) mass is 186 g/mol. The van der Waals surface area contributed by atoms with Crippen LogP contribution in [0.4, 0.5) is 0 Å².